The standard InChI is InChI=1S/C25H24N4O3S3/c1-17(23(30)28-19-9-11-20(12-10-19)35(31,32)29-13-5-6-14-29)34-25-22-21(18-7-3-2-4-8-18)15-33-24(22)26-16-27-25/h2-4,7-12,15-17H,5-6,13-14H2,1H3,(H,28,30). The van der Waals surface area contributed by atoms with Gasteiger partial charge in [-0.05, 0) is 49.6 Å². The average Bonchev–Trinajstić information content (AvgIpc) is 3.56. The molecule has 0 bridgehead atoms. The van der Waals surface area contributed by atoms with Gasteiger partial charge in [0.25, 0.3) is 0 Å². The molecule has 0 saturated carbocycles. The topological polar surface area (TPSA) is 92.3 Å². The third-order valence-corrected chi connectivity index (χ3v) is 9.80. The molecule has 10 heteroatoms. The average molecular weight is 525 g/mol. The van der Waals surface area contributed by atoms with Crippen LogP contribution in [0, 0.1) is 0 Å². The van der Waals surface area contributed by atoms with Crippen molar-refractivity contribution in [3.8, 4) is 11.1 Å². The fraction of sp³-hybridized carbons (Fsp3) is 0.240. The van der Waals surface area contributed by atoms with Gasteiger partial charge in [0.2, 0.25) is 15.9 Å². The highest BCUT2D eigenvalue weighted by molar-refractivity contribution is 8.00. The summed E-state index contributed by atoms with van der Waals surface area (Å²) in [4.78, 5) is 22.9. The Bertz CT molecular complexity index is 1450. The van der Waals surface area contributed by atoms with Gasteiger partial charge in [-0.25, -0.2) is 18.4 Å². The Hall–Kier alpha value is -2.79. The normalized spacial score (nSPS) is 15.3. The third-order valence-electron chi connectivity index (χ3n) is 5.90. The zero-order chi connectivity index (χ0) is 24.4. The molecule has 1 N–H and O–H groups in total. The van der Waals surface area contributed by atoms with E-state index < -0.39 is 15.3 Å². The SMILES string of the molecule is CC(Sc1ncnc2scc(-c3ccccc3)c12)C(=O)Nc1ccc(S(=O)(=O)N2CCCC2)cc1. The number of nitrogens with zero attached hydrogens (tertiary/aromatic N) is 3. The molecule has 1 fully saturated rings. The Labute approximate surface area is 212 Å². The molecule has 0 radical (unpaired) electrons. The molecule has 1 amide bonds. The lowest BCUT2D eigenvalue weighted by Gasteiger charge is -2.16. The number of carbonyl (C=O) groups is 1. The highest BCUT2D eigenvalue weighted by Crippen LogP contribution is 2.39. The Morgan fingerprint density at radius 2 is 1.77 bits per heavy atom. The number of amides is 1. The molecule has 0 spiro atoms. The molecule has 35 heavy (non-hydrogen) atoms. The van der Waals surface area contributed by atoms with Gasteiger partial charge < -0.3 is 5.32 Å². The highest BCUT2D eigenvalue weighted by Gasteiger charge is 2.27. The first kappa shape index (κ1) is 23.9. The van der Waals surface area contributed by atoms with Gasteiger partial charge >= 0.3 is 0 Å². The van der Waals surface area contributed by atoms with E-state index in [0.717, 1.165) is 39.2 Å². The number of benzene rings is 2. The van der Waals surface area contributed by atoms with Gasteiger partial charge in [0.05, 0.1) is 15.5 Å². The fourth-order valence-corrected chi connectivity index (χ4v) is 7.45. The zero-order valence-electron chi connectivity index (χ0n) is 19.0. The van der Waals surface area contributed by atoms with E-state index >= 15 is 0 Å². The monoisotopic (exact) mass is 524 g/mol. The summed E-state index contributed by atoms with van der Waals surface area (Å²) in [6.45, 7) is 2.94. The maximum absolute atomic E-state index is 12.9. The molecular formula is C25H24N4O3S3. The number of sulfonamides is 1. The minimum Gasteiger partial charge on any atom is -0.325 e. The van der Waals surface area contributed by atoms with Crippen LogP contribution in [0.2, 0.25) is 0 Å². The van der Waals surface area contributed by atoms with Gasteiger partial charge in [-0.15, -0.1) is 11.3 Å². The van der Waals surface area contributed by atoms with Crippen molar-refractivity contribution < 1.29 is 13.2 Å². The van der Waals surface area contributed by atoms with Gasteiger partial charge in [0, 0.05) is 29.7 Å². The summed E-state index contributed by atoms with van der Waals surface area (Å²) in [5.41, 5.74) is 2.68. The smallest absolute Gasteiger partial charge is 0.243 e. The number of rotatable bonds is 7. The van der Waals surface area contributed by atoms with Gasteiger partial charge in [-0.3, -0.25) is 4.79 Å². The predicted molar refractivity (Wildman–Crippen MR) is 141 cm³/mol. The van der Waals surface area contributed by atoms with E-state index in [1.54, 1.807) is 35.6 Å². The van der Waals surface area contributed by atoms with E-state index in [-0.39, 0.29) is 10.8 Å². The van der Waals surface area contributed by atoms with Crippen LogP contribution in [0.5, 0.6) is 0 Å². The summed E-state index contributed by atoms with van der Waals surface area (Å²) in [5, 5.41) is 6.24. The van der Waals surface area contributed by atoms with Crippen LogP contribution in [0.4, 0.5) is 5.69 Å². The van der Waals surface area contributed by atoms with Crippen molar-refractivity contribution in [1.29, 1.82) is 0 Å². The molecule has 1 aliphatic rings. The molecule has 3 heterocycles. The zero-order valence-corrected chi connectivity index (χ0v) is 21.5. The molecule has 2 aromatic carbocycles. The van der Waals surface area contributed by atoms with Crippen LogP contribution in [-0.2, 0) is 14.8 Å². The Morgan fingerprint density at radius 1 is 1.06 bits per heavy atom. The lowest BCUT2D eigenvalue weighted by atomic mass is 10.1. The number of anilines is 1. The second-order valence-electron chi connectivity index (χ2n) is 8.26. The first-order chi connectivity index (χ1) is 16.9. The lowest BCUT2D eigenvalue weighted by Crippen LogP contribution is -2.27. The summed E-state index contributed by atoms with van der Waals surface area (Å²) < 4.78 is 26.9. The molecule has 180 valence electrons. The molecule has 1 aliphatic heterocycles. The summed E-state index contributed by atoms with van der Waals surface area (Å²) in [6.07, 6.45) is 3.31. The van der Waals surface area contributed by atoms with Gasteiger partial charge in [-0.1, -0.05) is 42.1 Å². The maximum Gasteiger partial charge on any atom is 0.243 e. The van der Waals surface area contributed by atoms with Crippen LogP contribution >= 0.6 is 23.1 Å². The van der Waals surface area contributed by atoms with Crippen LogP contribution in [-0.4, -0.2) is 46.9 Å². The van der Waals surface area contributed by atoms with Crippen LogP contribution in [0.1, 0.15) is 19.8 Å². The number of thioether (sulfide) groups is 1. The number of nitrogens with one attached hydrogen (secondary N) is 1. The number of fused-ring (bicyclic) bond motifs is 1. The molecule has 7 nitrogen and oxygen atoms in total. The number of carbonyl (C=O) groups excluding carboxylic acids is 1. The van der Waals surface area contributed by atoms with E-state index in [2.05, 4.69) is 20.7 Å². The summed E-state index contributed by atoms with van der Waals surface area (Å²) >= 11 is 2.93. The number of hydrogen-bond donors (Lipinski definition) is 1. The quantitative estimate of drug-likeness (QED) is 0.262. The molecule has 0 aliphatic carbocycles. The van der Waals surface area contributed by atoms with Gasteiger partial charge in [0.15, 0.2) is 0 Å². The van der Waals surface area contributed by atoms with Crippen molar-refractivity contribution in [3.63, 3.8) is 0 Å². The van der Waals surface area contributed by atoms with E-state index in [4.69, 9.17) is 0 Å². The van der Waals surface area contributed by atoms with Gasteiger partial charge in [0.1, 0.15) is 16.2 Å². The molecule has 1 atom stereocenters. The van der Waals surface area contributed by atoms with Crippen molar-refractivity contribution in [1.82, 2.24) is 14.3 Å². The Kier molecular flexibility index (Phi) is 6.88. The molecule has 2 aromatic heterocycles. The molecule has 4 aromatic rings. The van der Waals surface area contributed by atoms with Crippen LogP contribution < -0.4 is 5.32 Å². The first-order valence-corrected chi connectivity index (χ1v) is 14.5. The molecule has 1 unspecified atom stereocenters. The van der Waals surface area contributed by atoms with Gasteiger partial charge in [-0.2, -0.15) is 4.31 Å². The summed E-state index contributed by atoms with van der Waals surface area (Å²) in [6, 6.07) is 16.4. The highest BCUT2D eigenvalue weighted by atomic mass is 32.2. The Balaban J connectivity index is 1.31. The summed E-state index contributed by atoms with van der Waals surface area (Å²) in [7, 11) is -3.48. The summed E-state index contributed by atoms with van der Waals surface area (Å²) in [5.74, 6) is -0.187. The minimum absolute atomic E-state index is 0.187. The fourth-order valence-electron chi connectivity index (χ4n) is 4.02. The van der Waals surface area contributed by atoms with Crippen molar-refractivity contribution >= 4 is 54.9 Å². The predicted octanol–water partition coefficient (Wildman–Crippen LogP) is 5.26. The number of hydrogen-bond acceptors (Lipinski definition) is 7. The van der Waals surface area contributed by atoms with Crippen molar-refractivity contribution in [2.24, 2.45) is 0 Å². The van der Waals surface area contributed by atoms with E-state index in [1.807, 2.05) is 37.3 Å². The van der Waals surface area contributed by atoms with Crippen LogP contribution in [0.3, 0.4) is 0 Å². The maximum atomic E-state index is 12.9. The van der Waals surface area contributed by atoms with Crippen molar-refractivity contribution in [2.75, 3.05) is 18.4 Å². The molecule has 5 rings (SSSR count). The third kappa shape index (κ3) is 4.97. The second-order valence-corrected chi connectivity index (χ2v) is 12.4. The van der Waals surface area contributed by atoms with E-state index in [1.165, 1.54) is 22.4 Å². The number of aromatic nitrogens is 2. The van der Waals surface area contributed by atoms with E-state index in [0.29, 0.717) is 18.8 Å². The largest absolute Gasteiger partial charge is 0.325 e. The molecule has 1 saturated heterocycles. The van der Waals surface area contributed by atoms with E-state index in [9.17, 15) is 13.2 Å². The van der Waals surface area contributed by atoms with Crippen molar-refractivity contribution in [2.45, 2.75) is 34.9 Å². The lowest BCUT2D eigenvalue weighted by molar-refractivity contribution is -0.115. The Morgan fingerprint density at radius 3 is 2.49 bits per heavy atom. The van der Waals surface area contributed by atoms with Crippen molar-refractivity contribution in [3.05, 3.63) is 66.3 Å². The minimum atomic E-state index is -3.48. The first-order valence-electron chi connectivity index (χ1n) is 11.3. The van der Waals surface area contributed by atoms with Crippen LogP contribution in [0.25, 0.3) is 21.3 Å². The van der Waals surface area contributed by atoms with Crippen LogP contribution in [0.15, 0.2) is 76.2 Å². The number of thiophene rings is 1. The second kappa shape index (κ2) is 10.1. The molecular weight excluding hydrogens is 501 g/mol.